The number of halogens is 2. The summed E-state index contributed by atoms with van der Waals surface area (Å²) in [7, 11) is 0. The van der Waals surface area contributed by atoms with Gasteiger partial charge in [0.25, 0.3) is 5.91 Å². The zero-order chi connectivity index (χ0) is 14.8. The summed E-state index contributed by atoms with van der Waals surface area (Å²) in [6.45, 7) is 0.346. The van der Waals surface area contributed by atoms with Gasteiger partial charge < -0.3 is 10.3 Å². The molecule has 0 saturated carbocycles. The fourth-order valence-electron chi connectivity index (χ4n) is 2.11. The molecule has 0 atom stereocenters. The maximum atomic E-state index is 13.2. The Kier molecular flexibility index (Phi) is 3.70. The molecule has 0 aliphatic carbocycles. The van der Waals surface area contributed by atoms with Gasteiger partial charge in [-0.15, -0.1) is 0 Å². The first kappa shape index (κ1) is 13.8. The fraction of sp³-hybridized carbons (Fsp3) is 0.0667. The molecule has 0 fully saturated rings. The molecule has 106 valence electrons. The molecule has 6 heteroatoms. The number of carbonyl (C=O) groups is 1. The number of rotatable bonds is 3. The molecule has 3 rings (SSSR count). The van der Waals surface area contributed by atoms with Gasteiger partial charge in [-0.05, 0) is 51.8 Å². The average molecular weight is 348 g/mol. The van der Waals surface area contributed by atoms with Crippen LogP contribution in [0.15, 0.2) is 47.2 Å². The Morgan fingerprint density at radius 1 is 1.33 bits per heavy atom. The molecule has 1 aromatic carbocycles. The summed E-state index contributed by atoms with van der Waals surface area (Å²) >= 11 is 3.25. The van der Waals surface area contributed by atoms with Crippen molar-refractivity contribution in [2.75, 3.05) is 0 Å². The molecule has 0 bridgehead atoms. The highest BCUT2D eigenvalue weighted by Crippen LogP contribution is 2.19. The number of aromatic nitrogens is 2. The number of H-pyrrole nitrogens is 1. The molecule has 21 heavy (non-hydrogen) atoms. The SMILES string of the molecule is O=C(NCc1ccnc2[nH]ccc12)c1cc(F)ccc1Br. The van der Waals surface area contributed by atoms with E-state index in [0.717, 1.165) is 16.6 Å². The standard InChI is InChI=1S/C15H11BrFN3O/c16-13-2-1-10(17)7-12(13)15(21)20-8-9-3-5-18-14-11(9)4-6-19-14/h1-7H,8H2,(H,18,19)(H,20,21). The number of pyridine rings is 1. The molecule has 4 nitrogen and oxygen atoms in total. The van der Waals surface area contributed by atoms with Crippen molar-refractivity contribution in [1.82, 2.24) is 15.3 Å². The highest BCUT2D eigenvalue weighted by Gasteiger charge is 2.11. The Morgan fingerprint density at radius 2 is 2.19 bits per heavy atom. The van der Waals surface area contributed by atoms with Gasteiger partial charge in [0.05, 0.1) is 5.56 Å². The van der Waals surface area contributed by atoms with Crippen LogP contribution in [0.5, 0.6) is 0 Å². The van der Waals surface area contributed by atoms with Gasteiger partial charge in [-0.3, -0.25) is 4.79 Å². The molecule has 0 saturated heterocycles. The van der Waals surface area contributed by atoms with Gasteiger partial charge in [0, 0.05) is 28.8 Å². The van der Waals surface area contributed by atoms with Gasteiger partial charge in [-0.2, -0.15) is 0 Å². The van der Waals surface area contributed by atoms with E-state index in [2.05, 4.69) is 31.2 Å². The van der Waals surface area contributed by atoms with E-state index < -0.39 is 5.82 Å². The third-order valence-corrected chi connectivity index (χ3v) is 3.85. The maximum Gasteiger partial charge on any atom is 0.252 e. The normalized spacial score (nSPS) is 10.8. The summed E-state index contributed by atoms with van der Waals surface area (Å²) < 4.78 is 13.8. The lowest BCUT2D eigenvalue weighted by Crippen LogP contribution is -2.23. The average Bonchev–Trinajstić information content (AvgIpc) is 2.96. The number of nitrogens with one attached hydrogen (secondary N) is 2. The molecule has 3 aromatic rings. The van der Waals surface area contributed by atoms with Crippen LogP contribution >= 0.6 is 15.9 Å². The highest BCUT2D eigenvalue weighted by molar-refractivity contribution is 9.10. The smallest absolute Gasteiger partial charge is 0.252 e. The van der Waals surface area contributed by atoms with Crippen LogP contribution in [-0.2, 0) is 6.54 Å². The number of hydrogen-bond donors (Lipinski definition) is 2. The number of carbonyl (C=O) groups excluding carboxylic acids is 1. The molecule has 1 amide bonds. The molecule has 2 heterocycles. The highest BCUT2D eigenvalue weighted by atomic mass is 79.9. The quantitative estimate of drug-likeness (QED) is 0.762. The third-order valence-electron chi connectivity index (χ3n) is 3.16. The van der Waals surface area contributed by atoms with E-state index in [9.17, 15) is 9.18 Å². The molecule has 0 spiro atoms. The number of nitrogens with zero attached hydrogens (tertiary/aromatic N) is 1. The second-order valence-electron chi connectivity index (χ2n) is 4.52. The number of fused-ring (bicyclic) bond motifs is 1. The molecular weight excluding hydrogens is 337 g/mol. The number of amides is 1. The van der Waals surface area contributed by atoms with E-state index in [1.165, 1.54) is 18.2 Å². The largest absolute Gasteiger partial charge is 0.348 e. The summed E-state index contributed by atoms with van der Waals surface area (Å²) in [4.78, 5) is 19.3. The maximum absolute atomic E-state index is 13.2. The van der Waals surface area contributed by atoms with Crippen molar-refractivity contribution in [1.29, 1.82) is 0 Å². The molecule has 0 aliphatic heterocycles. The van der Waals surface area contributed by atoms with Crippen molar-refractivity contribution in [2.45, 2.75) is 6.54 Å². The Labute approximate surface area is 128 Å². The predicted molar refractivity (Wildman–Crippen MR) is 81.4 cm³/mol. The molecular formula is C15H11BrFN3O. The van der Waals surface area contributed by atoms with Gasteiger partial charge in [0.2, 0.25) is 0 Å². The summed E-state index contributed by atoms with van der Waals surface area (Å²) in [5.41, 5.74) is 1.99. The Morgan fingerprint density at radius 3 is 3.05 bits per heavy atom. The monoisotopic (exact) mass is 347 g/mol. The topological polar surface area (TPSA) is 57.8 Å². The van der Waals surface area contributed by atoms with Gasteiger partial charge >= 0.3 is 0 Å². The minimum absolute atomic E-state index is 0.273. The zero-order valence-electron chi connectivity index (χ0n) is 10.9. The predicted octanol–water partition coefficient (Wildman–Crippen LogP) is 3.39. The lowest BCUT2D eigenvalue weighted by Gasteiger charge is -2.08. The number of hydrogen-bond acceptors (Lipinski definition) is 2. The molecule has 2 N–H and O–H groups in total. The van der Waals surface area contributed by atoms with Crippen LogP contribution in [0.2, 0.25) is 0 Å². The Bertz CT molecular complexity index is 816. The van der Waals surface area contributed by atoms with Crippen LogP contribution in [0, 0.1) is 5.82 Å². The van der Waals surface area contributed by atoms with Crippen LogP contribution in [0.3, 0.4) is 0 Å². The molecule has 0 unspecified atom stereocenters. The van der Waals surface area contributed by atoms with Crippen LogP contribution in [0.4, 0.5) is 4.39 Å². The van der Waals surface area contributed by atoms with Gasteiger partial charge in [0.1, 0.15) is 11.5 Å². The number of benzene rings is 1. The van der Waals surface area contributed by atoms with Crippen molar-refractivity contribution in [3.63, 3.8) is 0 Å². The van der Waals surface area contributed by atoms with E-state index in [1.807, 2.05) is 12.1 Å². The number of aromatic amines is 1. The summed E-state index contributed by atoms with van der Waals surface area (Å²) in [5.74, 6) is -0.776. The lowest BCUT2D eigenvalue weighted by molar-refractivity contribution is 0.0950. The summed E-state index contributed by atoms with van der Waals surface area (Å²) in [6, 6.07) is 7.77. The summed E-state index contributed by atoms with van der Waals surface area (Å²) in [5, 5.41) is 3.74. The van der Waals surface area contributed by atoms with E-state index >= 15 is 0 Å². The van der Waals surface area contributed by atoms with Gasteiger partial charge in [0.15, 0.2) is 0 Å². The zero-order valence-corrected chi connectivity index (χ0v) is 12.4. The van der Waals surface area contributed by atoms with E-state index in [-0.39, 0.29) is 11.5 Å². The Hall–Kier alpha value is -2.21. The van der Waals surface area contributed by atoms with Crippen LogP contribution in [0.1, 0.15) is 15.9 Å². The first-order valence-corrected chi connectivity index (χ1v) is 7.08. The van der Waals surface area contributed by atoms with E-state index in [4.69, 9.17) is 0 Å². The fourth-order valence-corrected chi connectivity index (χ4v) is 2.54. The second-order valence-corrected chi connectivity index (χ2v) is 5.37. The molecule has 2 aromatic heterocycles. The van der Waals surface area contributed by atoms with Crippen LogP contribution in [-0.4, -0.2) is 15.9 Å². The van der Waals surface area contributed by atoms with E-state index in [1.54, 1.807) is 12.4 Å². The van der Waals surface area contributed by atoms with Gasteiger partial charge in [-0.1, -0.05) is 0 Å². The van der Waals surface area contributed by atoms with Crippen molar-refractivity contribution in [3.05, 3.63) is 64.1 Å². The van der Waals surface area contributed by atoms with Crippen molar-refractivity contribution < 1.29 is 9.18 Å². The van der Waals surface area contributed by atoms with Crippen LogP contribution < -0.4 is 5.32 Å². The van der Waals surface area contributed by atoms with Crippen molar-refractivity contribution in [3.8, 4) is 0 Å². The van der Waals surface area contributed by atoms with Crippen molar-refractivity contribution >= 4 is 32.9 Å². The summed E-state index contributed by atoms with van der Waals surface area (Å²) in [6.07, 6.45) is 3.48. The first-order valence-electron chi connectivity index (χ1n) is 6.29. The molecule has 0 aliphatic rings. The lowest BCUT2D eigenvalue weighted by atomic mass is 10.1. The van der Waals surface area contributed by atoms with E-state index in [0.29, 0.717) is 11.0 Å². The first-order chi connectivity index (χ1) is 10.1. The third kappa shape index (κ3) is 2.80. The Balaban J connectivity index is 1.80. The van der Waals surface area contributed by atoms with Crippen LogP contribution in [0.25, 0.3) is 11.0 Å². The minimum atomic E-state index is -0.444. The second kappa shape index (κ2) is 5.65. The van der Waals surface area contributed by atoms with Gasteiger partial charge in [-0.25, -0.2) is 9.37 Å². The molecule has 0 radical (unpaired) electrons. The van der Waals surface area contributed by atoms with Crippen molar-refractivity contribution in [2.24, 2.45) is 0 Å². The minimum Gasteiger partial charge on any atom is -0.348 e.